The highest BCUT2D eigenvalue weighted by atomic mass is 16.5. The average Bonchev–Trinajstić information content (AvgIpc) is 2.46. The summed E-state index contributed by atoms with van der Waals surface area (Å²) in [6.45, 7) is 8.32. The second-order valence-corrected chi connectivity index (χ2v) is 5.73. The van der Waals surface area contributed by atoms with Crippen LogP contribution < -0.4 is 15.8 Å². The number of hydrogen-bond acceptors (Lipinski definition) is 4. The van der Waals surface area contributed by atoms with Crippen molar-refractivity contribution in [3.05, 3.63) is 29.8 Å². The molecular weight excluding hydrogens is 266 g/mol. The third-order valence-corrected chi connectivity index (χ3v) is 3.50. The lowest BCUT2D eigenvalue weighted by molar-refractivity contribution is 0.304. The Balaban J connectivity index is 2.30. The van der Waals surface area contributed by atoms with Crippen LogP contribution in [0, 0.1) is 5.41 Å². The molecule has 0 atom stereocenters. The number of rotatable bonds is 9. The van der Waals surface area contributed by atoms with Crippen molar-refractivity contribution in [2.24, 2.45) is 16.3 Å². The van der Waals surface area contributed by atoms with Gasteiger partial charge in [0.05, 0.1) is 6.61 Å². The molecule has 0 aliphatic rings. The Labute approximate surface area is 127 Å². The minimum Gasteiger partial charge on any atom is -0.494 e. The summed E-state index contributed by atoms with van der Waals surface area (Å²) in [6.07, 6.45) is 1.84. The molecule has 1 rings (SSSR count). The molecule has 5 heteroatoms. The third-order valence-electron chi connectivity index (χ3n) is 3.50. The summed E-state index contributed by atoms with van der Waals surface area (Å²) in [5.74, 6) is 1.19. The van der Waals surface area contributed by atoms with Gasteiger partial charge in [-0.25, -0.2) is 0 Å². The lowest BCUT2D eigenvalue weighted by Gasteiger charge is -2.22. The molecule has 0 radical (unpaired) electrons. The van der Waals surface area contributed by atoms with Crippen molar-refractivity contribution in [3.63, 3.8) is 0 Å². The molecule has 0 aromatic heterocycles. The molecule has 0 heterocycles. The summed E-state index contributed by atoms with van der Waals surface area (Å²) in [6, 6.07) is 8.10. The summed E-state index contributed by atoms with van der Waals surface area (Å²) >= 11 is 0. The van der Waals surface area contributed by atoms with Crippen LogP contribution in [0.5, 0.6) is 5.75 Å². The molecule has 118 valence electrons. The third kappa shape index (κ3) is 6.04. The van der Waals surface area contributed by atoms with Crippen LogP contribution in [0.4, 0.5) is 0 Å². The van der Waals surface area contributed by atoms with Crippen LogP contribution >= 0.6 is 0 Å². The highest BCUT2D eigenvalue weighted by Crippen LogP contribution is 2.22. The zero-order valence-electron chi connectivity index (χ0n) is 13.2. The van der Waals surface area contributed by atoms with Crippen molar-refractivity contribution in [2.45, 2.75) is 40.2 Å². The van der Waals surface area contributed by atoms with E-state index in [1.807, 2.05) is 32.9 Å². The van der Waals surface area contributed by atoms with E-state index < -0.39 is 0 Å². The molecule has 0 aliphatic heterocycles. The van der Waals surface area contributed by atoms with Crippen molar-refractivity contribution < 1.29 is 9.94 Å². The van der Waals surface area contributed by atoms with E-state index in [0.29, 0.717) is 6.61 Å². The van der Waals surface area contributed by atoms with E-state index in [4.69, 9.17) is 15.7 Å². The van der Waals surface area contributed by atoms with Gasteiger partial charge in [-0.3, -0.25) is 0 Å². The number of amidine groups is 1. The zero-order valence-corrected chi connectivity index (χ0v) is 13.2. The monoisotopic (exact) mass is 293 g/mol. The highest BCUT2D eigenvalue weighted by molar-refractivity contribution is 5.85. The standard InChI is InChI=1S/C16H27N3O2/c1-4-21-14-8-5-7-13(11-14)12-18-10-6-9-16(2,3)15(17)19-20/h5,7-8,11,18,20H,4,6,9-10,12H2,1-3H3,(H2,17,19). The number of oxime groups is 1. The predicted octanol–water partition coefficient (Wildman–Crippen LogP) is 2.73. The van der Waals surface area contributed by atoms with Gasteiger partial charge in [0, 0.05) is 12.0 Å². The molecule has 0 bridgehead atoms. The van der Waals surface area contributed by atoms with Crippen molar-refractivity contribution >= 4 is 5.84 Å². The number of nitrogens with two attached hydrogens (primary N) is 1. The fraction of sp³-hybridized carbons (Fsp3) is 0.562. The van der Waals surface area contributed by atoms with E-state index in [-0.39, 0.29) is 11.3 Å². The van der Waals surface area contributed by atoms with E-state index in [2.05, 4.69) is 22.6 Å². The van der Waals surface area contributed by atoms with Gasteiger partial charge < -0.3 is 21.0 Å². The highest BCUT2D eigenvalue weighted by Gasteiger charge is 2.22. The van der Waals surface area contributed by atoms with Gasteiger partial charge in [0.15, 0.2) is 0 Å². The molecule has 0 unspecified atom stereocenters. The van der Waals surface area contributed by atoms with Gasteiger partial charge in [-0.15, -0.1) is 0 Å². The Bertz CT molecular complexity index is 459. The normalized spacial score (nSPS) is 12.4. The quantitative estimate of drug-likeness (QED) is 0.215. The second kappa shape index (κ2) is 8.52. The Morgan fingerprint density at radius 1 is 1.43 bits per heavy atom. The maximum atomic E-state index is 8.73. The zero-order chi connectivity index (χ0) is 15.7. The van der Waals surface area contributed by atoms with Crippen LogP contribution in [0.1, 0.15) is 39.2 Å². The van der Waals surface area contributed by atoms with Crippen LogP contribution in [-0.4, -0.2) is 24.2 Å². The number of nitrogens with one attached hydrogen (secondary N) is 1. The summed E-state index contributed by atoms with van der Waals surface area (Å²) < 4.78 is 5.48. The molecule has 0 fully saturated rings. The lowest BCUT2D eigenvalue weighted by atomic mass is 9.86. The van der Waals surface area contributed by atoms with Crippen LogP contribution in [0.15, 0.2) is 29.4 Å². The summed E-state index contributed by atoms with van der Waals surface area (Å²) in [5.41, 5.74) is 6.60. The molecule has 0 aliphatic carbocycles. The summed E-state index contributed by atoms with van der Waals surface area (Å²) in [4.78, 5) is 0. The Morgan fingerprint density at radius 2 is 2.19 bits per heavy atom. The molecule has 0 saturated carbocycles. The number of ether oxygens (including phenoxy) is 1. The smallest absolute Gasteiger partial charge is 0.144 e. The van der Waals surface area contributed by atoms with Gasteiger partial charge in [0.25, 0.3) is 0 Å². The lowest BCUT2D eigenvalue weighted by Crippen LogP contribution is -2.32. The predicted molar refractivity (Wildman–Crippen MR) is 85.7 cm³/mol. The van der Waals surface area contributed by atoms with Crippen LogP contribution in [0.3, 0.4) is 0 Å². The summed E-state index contributed by atoms with van der Waals surface area (Å²) in [7, 11) is 0. The van der Waals surface area contributed by atoms with Crippen molar-refractivity contribution in [3.8, 4) is 5.75 Å². The molecule has 1 aromatic carbocycles. The van der Waals surface area contributed by atoms with E-state index in [9.17, 15) is 0 Å². The van der Waals surface area contributed by atoms with Gasteiger partial charge in [-0.2, -0.15) is 0 Å². The largest absolute Gasteiger partial charge is 0.494 e. The minimum absolute atomic E-state index is 0.273. The number of benzene rings is 1. The Hall–Kier alpha value is -1.75. The van der Waals surface area contributed by atoms with E-state index >= 15 is 0 Å². The van der Waals surface area contributed by atoms with Crippen molar-refractivity contribution in [1.82, 2.24) is 5.32 Å². The Morgan fingerprint density at radius 3 is 2.86 bits per heavy atom. The molecule has 4 N–H and O–H groups in total. The first-order valence-corrected chi connectivity index (χ1v) is 7.40. The first-order valence-electron chi connectivity index (χ1n) is 7.40. The van der Waals surface area contributed by atoms with Gasteiger partial charge in [-0.05, 0) is 44.0 Å². The molecule has 1 aromatic rings. The minimum atomic E-state index is -0.273. The Kier molecular flexibility index (Phi) is 7.02. The first kappa shape index (κ1) is 17.3. The molecule has 0 spiro atoms. The topological polar surface area (TPSA) is 79.9 Å². The van der Waals surface area contributed by atoms with Crippen LogP contribution in [-0.2, 0) is 6.54 Å². The maximum absolute atomic E-state index is 8.73. The molecular formula is C16H27N3O2. The molecule has 0 amide bonds. The van der Waals surface area contributed by atoms with E-state index in [1.54, 1.807) is 0 Å². The molecule has 0 saturated heterocycles. The van der Waals surface area contributed by atoms with Crippen LogP contribution in [0.25, 0.3) is 0 Å². The number of nitrogens with zero attached hydrogens (tertiary/aromatic N) is 1. The SMILES string of the molecule is CCOc1cccc(CNCCCC(C)(C)C(N)=NO)c1. The summed E-state index contributed by atoms with van der Waals surface area (Å²) in [5, 5.41) is 15.2. The van der Waals surface area contributed by atoms with E-state index in [1.165, 1.54) is 5.56 Å². The fourth-order valence-corrected chi connectivity index (χ4v) is 2.06. The fourth-order valence-electron chi connectivity index (χ4n) is 2.06. The first-order chi connectivity index (χ1) is 9.99. The average molecular weight is 293 g/mol. The van der Waals surface area contributed by atoms with E-state index in [0.717, 1.165) is 31.7 Å². The molecule has 5 nitrogen and oxygen atoms in total. The number of hydrogen-bond donors (Lipinski definition) is 3. The van der Waals surface area contributed by atoms with Crippen molar-refractivity contribution in [2.75, 3.05) is 13.2 Å². The van der Waals surface area contributed by atoms with Gasteiger partial charge in [0.1, 0.15) is 11.6 Å². The molecule has 21 heavy (non-hydrogen) atoms. The van der Waals surface area contributed by atoms with Gasteiger partial charge in [-0.1, -0.05) is 31.1 Å². The maximum Gasteiger partial charge on any atom is 0.144 e. The van der Waals surface area contributed by atoms with Gasteiger partial charge in [0.2, 0.25) is 0 Å². The van der Waals surface area contributed by atoms with Gasteiger partial charge >= 0.3 is 0 Å². The second-order valence-electron chi connectivity index (χ2n) is 5.73. The van der Waals surface area contributed by atoms with Crippen LogP contribution in [0.2, 0.25) is 0 Å². The van der Waals surface area contributed by atoms with Crippen molar-refractivity contribution in [1.29, 1.82) is 0 Å².